The van der Waals surface area contributed by atoms with Gasteiger partial charge in [-0.1, -0.05) is 50.5 Å². The smallest absolute Gasteiger partial charge is 0.122 e. The molecule has 0 N–H and O–H groups in total. The van der Waals surface area contributed by atoms with E-state index in [2.05, 4.69) is 6.92 Å². The highest BCUT2D eigenvalue weighted by Crippen LogP contribution is 2.41. The van der Waals surface area contributed by atoms with Crippen molar-refractivity contribution in [1.82, 2.24) is 0 Å². The quantitative estimate of drug-likeness (QED) is 0.498. The van der Waals surface area contributed by atoms with E-state index in [4.69, 9.17) is 0 Å². The van der Waals surface area contributed by atoms with Crippen molar-refractivity contribution in [3.8, 4) is 0 Å². The predicted octanol–water partition coefficient (Wildman–Crippen LogP) is 5.95. The highest BCUT2D eigenvalue weighted by Gasteiger charge is 2.29. The molecule has 0 spiro atoms. The monoisotopic (exact) mass is 250 g/mol. The summed E-state index contributed by atoms with van der Waals surface area (Å²) in [4.78, 5) is 0. The van der Waals surface area contributed by atoms with Crippen molar-refractivity contribution in [3.63, 3.8) is 0 Å². The zero-order valence-electron chi connectivity index (χ0n) is 12.0. The molecule has 2 atom stereocenters. The van der Waals surface area contributed by atoms with Gasteiger partial charge in [-0.3, -0.25) is 0 Å². The number of allylic oxidation sites excluding steroid dienone is 4. The van der Waals surface area contributed by atoms with Crippen LogP contribution in [-0.2, 0) is 0 Å². The molecule has 0 bridgehead atoms. The Morgan fingerprint density at radius 1 is 0.833 bits per heavy atom. The summed E-state index contributed by atoms with van der Waals surface area (Å²) in [5.41, 5.74) is 2.30. The fraction of sp³-hybridized carbons (Fsp3) is 0.765. The molecule has 0 nitrogen and oxygen atoms in total. The van der Waals surface area contributed by atoms with Crippen LogP contribution in [0.2, 0.25) is 0 Å². The zero-order valence-corrected chi connectivity index (χ0v) is 12.0. The third-order valence-corrected chi connectivity index (χ3v) is 4.89. The Kier molecular flexibility index (Phi) is 5.03. The van der Waals surface area contributed by atoms with E-state index in [0.29, 0.717) is 11.8 Å². The Morgan fingerprint density at radius 3 is 1.94 bits per heavy atom. The molecule has 2 rings (SSSR count). The Balaban J connectivity index is 2.12. The van der Waals surface area contributed by atoms with Crippen LogP contribution in [0.25, 0.3) is 0 Å². The van der Waals surface area contributed by atoms with Crippen LogP contribution >= 0.6 is 0 Å². The first kappa shape index (κ1) is 13.8. The van der Waals surface area contributed by atoms with Gasteiger partial charge in [-0.15, -0.1) is 0 Å². The minimum atomic E-state index is 0.0450. The summed E-state index contributed by atoms with van der Waals surface area (Å²) in [5.74, 6) is 1.14. The maximum atomic E-state index is 13.9. The first-order valence-electron chi connectivity index (χ1n) is 7.74. The van der Waals surface area contributed by atoms with E-state index in [9.17, 15) is 4.39 Å². The van der Waals surface area contributed by atoms with Crippen molar-refractivity contribution in [2.45, 2.75) is 71.6 Å². The molecule has 102 valence electrons. The van der Waals surface area contributed by atoms with Crippen molar-refractivity contribution < 1.29 is 4.39 Å². The number of rotatable bonds is 0. The number of hydrogen-bond acceptors (Lipinski definition) is 0. The van der Waals surface area contributed by atoms with Gasteiger partial charge in [0.1, 0.15) is 5.83 Å². The molecule has 1 fully saturated rings. The second kappa shape index (κ2) is 6.54. The summed E-state index contributed by atoms with van der Waals surface area (Å²) >= 11 is 0. The van der Waals surface area contributed by atoms with Gasteiger partial charge in [0.15, 0.2) is 0 Å². The molecule has 0 aliphatic heterocycles. The molecule has 2 unspecified atom stereocenters. The maximum absolute atomic E-state index is 13.9. The standard InChI is InChI=1S/C17H27F/c1-13-12-17(18)14(2)16-11-9-7-5-3-4-6-8-10-15(13)16/h12,15-16H,3-11H2,1-2H3. The summed E-state index contributed by atoms with van der Waals surface area (Å²) in [7, 11) is 0. The molecular formula is C17H27F. The predicted molar refractivity (Wildman–Crippen MR) is 76.1 cm³/mol. The van der Waals surface area contributed by atoms with Gasteiger partial charge in [-0.25, -0.2) is 4.39 Å². The molecule has 0 aromatic carbocycles. The molecule has 0 heterocycles. The van der Waals surface area contributed by atoms with Crippen molar-refractivity contribution in [2.24, 2.45) is 11.8 Å². The lowest BCUT2D eigenvalue weighted by Crippen LogP contribution is -2.21. The average Bonchev–Trinajstić information content (AvgIpc) is 2.40. The third kappa shape index (κ3) is 3.24. The third-order valence-electron chi connectivity index (χ3n) is 4.89. The maximum Gasteiger partial charge on any atom is 0.122 e. The lowest BCUT2D eigenvalue weighted by molar-refractivity contribution is 0.348. The van der Waals surface area contributed by atoms with Crippen LogP contribution in [0.3, 0.4) is 0 Å². The first-order chi connectivity index (χ1) is 8.70. The minimum absolute atomic E-state index is 0.0450. The van der Waals surface area contributed by atoms with Crippen molar-refractivity contribution >= 4 is 0 Å². The van der Waals surface area contributed by atoms with Crippen LogP contribution in [0.15, 0.2) is 23.0 Å². The van der Waals surface area contributed by atoms with E-state index in [1.807, 2.05) is 6.92 Å². The van der Waals surface area contributed by atoms with Gasteiger partial charge >= 0.3 is 0 Å². The fourth-order valence-electron chi connectivity index (χ4n) is 3.68. The molecule has 0 radical (unpaired) electrons. The molecule has 18 heavy (non-hydrogen) atoms. The molecule has 2 aliphatic rings. The minimum Gasteiger partial charge on any atom is -0.207 e. The van der Waals surface area contributed by atoms with Crippen molar-refractivity contribution in [2.75, 3.05) is 0 Å². The van der Waals surface area contributed by atoms with Gasteiger partial charge < -0.3 is 0 Å². The number of fused-ring (bicyclic) bond motifs is 1. The highest BCUT2D eigenvalue weighted by atomic mass is 19.1. The van der Waals surface area contributed by atoms with E-state index < -0.39 is 0 Å². The van der Waals surface area contributed by atoms with Crippen molar-refractivity contribution in [3.05, 3.63) is 23.0 Å². The largest absolute Gasteiger partial charge is 0.207 e. The van der Waals surface area contributed by atoms with Crippen molar-refractivity contribution in [1.29, 1.82) is 0 Å². The molecule has 1 saturated carbocycles. The Hall–Kier alpha value is -0.590. The molecule has 0 saturated heterocycles. The lowest BCUT2D eigenvalue weighted by Gasteiger charge is -2.32. The van der Waals surface area contributed by atoms with Gasteiger partial charge in [0.25, 0.3) is 0 Å². The molecule has 0 amide bonds. The Labute approximate surface area is 111 Å². The van der Waals surface area contributed by atoms with Crippen LogP contribution in [0.5, 0.6) is 0 Å². The van der Waals surface area contributed by atoms with Crippen LogP contribution in [-0.4, -0.2) is 0 Å². The van der Waals surface area contributed by atoms with E-state index >= 15 is 0 Å². The van der Waals surface area contributed by atoms with Gasteiger partial charge in [0, 0.05) is 0 Å². The zero-order chi connectivity index (χ0) is 13.0. The summed E-state index contributed by atoms with van der Waals surface area (Å²) in [6.45, 7) is 4.14. The molecule has 1 heteroatoms. The Morgan fingerprint density at radius 2 is 1.33 bits per heavy atom. The van der Waals surface area contributed by atoms with Gasteiger partial charge in [-0.2, -0.15) is 0 Å². The lowest BCUT2D eigenvalue weighted by atomic mass is 9.73. The first-order valence-corrected chi connectivity index (χ1v) is 7.74. The number of halogens is 1. The summed E-state index contributed by atoms with van der Waals surface area (Å²) < 4.78 is 13.9. The molecule has 0 aromatic rings. The highest BCUT2D eigenvalue weighted by molar-refractivity contribution is 5.31. The molecule has 2 aliphatic carbocycles. The molecular weight excluding hydrogens is 223 g/mol. The van der Waals surface area contributed by atoms with E-state index in [-0.39, 0.29) is 5.83 Å². The van der Waals surface area contributed by atoms with Gasteiger partial charge in [0.05, 0.1) is 0 Å². The van der Waals surface area contributed by atoms with E-state index in [1.54, 1.807) is 6.08 Å². The van der Waals surface area contributed by atoms with Crippen LogP contribution < -0.4 is 0 Å². The Bertz CT molecular complexity index is 338. The average molecular weight is 250 g/mol. The summed E-state index contributed by atoms with van der Waals surface area (Å²) in [5, 5.41) is 0. The van der Waals surface area contributed by atoms with Crippen LogP contribution in [0.4, 0.5) is 4.39 Å². The van der Waals surface area contributed by atoms with E-state index in [1.165, 1.54) is 63.4 Å². The topological polar surface area (TPSA) is 0 Å². The fourth-order valence-corrected chi connectivity index (χ4v) is 3.68. The SMILES string of the molecule is CC1=CC(F)=C(C)C2CCCCCCCCCC12. The van der Waals surface area contributed by atoms with Crippen LogP contribution in [0.1, 0.15) is 71.6 Å². The summed E-state index contributed by atoms with van der Waals surface area (Å²) in [6.07, 6.45) is 13.7. The van der Waals surface area contributed by atoms with Gasteiger partial charge in [0.2, 0.25) is 0 Å². The normalized spacial score (nSPS) is 31.4. The van der Waals surface area contributed by atoms with E-state index in [0.717, 1.165) is 5.57 Å². The molecule has 0 aromatic heterocycles. The number of hydrogen-bond donors (Lipinski definition) is 0. The van der Waals surface area contributed by atoms with Crippen LogP contribution in [0, 0.1) is 11.8 Å². The van der Waals surface area contributed by atoms with Gasteiger partial charge in [-0.05, 0) is 50.2 Å². The summed E-state index contributed by atoms with van der Waals surface area (Å²) in [6, 6.07) is 0. The second-order valence-corrected chi connectivity index (χ2v) is 6.18. The second-order valence-electron chi connectivity index (χ2n) is 6.18.